The van der Waals surface area contributed by atoms with Gasteiger partial charge in [0.25, 0.3) is 0 Å². The fraction of sp³-hybridized carbons (Fsp3) is 0.316. The van der Waals surface area contributed by atoms with Crippen molar-refractivity contribution in [1.29, 1.82) is 0 Å². The molecule has 148 valence electrons. The lowest BCUT2D eigenvalue weighted by Crippen LogP contribution is -2.32. The summed E-state index contributed by atoms with van der Waals surface area (Å²) in [6, 6.07) is 12.0. The summed E-state index contributed by atoms with van der Waals surface area (Å²) in [5.74, 6) is 0.192. The molecule has 0 radical (unpaired) electrons. The molecular formula is C19H21N3O4S2. The summed E-state index contributed by atoms with van der Waals surface area (Å²) in [6.45, 7) is 4.76. The minimum atomic E-state index is -3.65. The van der Waals surface area contributed by atoms with Gasteiger partial charge in [-0.15, -0.1) is 0 Å². The third-order valence-electron chi connectivity index (χ3n) is 4.25. The molecule has 0 unspecified atom stereocenters. The quantitative estimate of drug-likeness (QED) is 0.556. The highest BCUT2D eigenvalue weighted by Gasteiger charge is 2.23. The van der Waals surface area contributed by atoms with Crippen LogP contribution < -0.4 is 9.64 Å². The van der Waals surface area contributed by atoms with Crippen LogP contribution in [0.3, 0.4) is 0 Å². The highest BCUT2D eigenvalue weighted by Crippen LogP contribution is 2.24. The van der Waals surface area contributed by atoms with Gasteiger partial charge in [-0.25, -0.2) is 8.42 Å². The Morgan fingerprint density at radius 2 is 1.86 bits per heavy atom. The molecule has 7 nitrogen and oxygen atoms in total. The number of benzene rings is 2. The number of anilines is 1. The molecule has 1 heterocycles. The second-order valence-corrected chi connectivity index (χ2v) is 8.63. The molecule has 2 aromatic carbocycles. The van der Waals surface area contributed by atoms with Gasteiger partial charge < -0.3 is 9.64 Å². The molecule has 0 saturated carbocycles. The number of amides is 1. The number of aromatic nitrogens is 2. The van der Waals surface area contributed by atoms with Crippen LogP contribution in [0.25, 0.3) is 11.0 Å². The summed E-state index contributed by atoms with van der Waals surface area (Å²) < 4.78 is 39.1. The van der Waals surface area contributed by atoms with Crippen LogP contribution in [0.2, 0.25) is 0 Å². The van der Waals surface area contributed by atoms with Gasteiger partial charge in [0.2, 0.25) is 5.91 Å². The maximum absolute atomic E-state index is 12.8. The largest absolute Gasteiger partial charge is 0.494 e. The van der Waals surface area contributed by atoms with E-state index in [0.29, 0.717) is 29.9 Å². The van der Waals surface area contributed by atoms with Crippen LogP contribution >= 0.6 is 11.7 Å². The first-order valence-corrected chi connectivity index (χ1v) is 11.3. The van der Waals surface area contributed by atoms with Crippen molar-refractivity contribution in [2.75, 3.05) is 23.8 Å². The average molecular weight is 420 g/mol. The number of carbonyl (C=O) groups is 1. The van der Waals surface area contributed by atoms with Crippen molar-refractivity contribution < 1.29 is 17.9 Å². The Balaban J connectivity index is 1.73. The van der Waals surface area contributed by atoms with Crippen LogP contribution in [0.5, 0.6) is 5.75 Å². The van der Waals surface area contributed by atoms with E-state index in [1.54, 1.807) is 41.3 Å². The van der Waals surface area contributed by atoms with E-state index < -0.39 is 9.84 Å². The molecular weight excluding hydrogens is 398 g/mol. The lowest BCUT2D eigenvalue weighted by molar-refractivity contribution is -0.118. The number of carbonyl (C=O) groups excluding carboxylic acids is 1. The number of sulfone groups is 1. The van der Waals surface area contributed by atoms with Crippen LogP contribution in [0.1, 0.15) is 20.3 Å². The third kappa shape index (κ3) is 4.31. The monoisotopic (exact) mass is 419 g/mol. The second-order valence-electron chi connectivity index (χ2n) is 6.02. The Bertz CT molecular complexity index is 1060. The first-order chi connectivity index (χ1) is 13.5. The van der Waals surface area contributed by atoms with E-state index in [2.05, 4.69) is 8.75 Å². The molecule has 0 aliphatic heterocycles. The zero-order valence-corrected chi connectivity index (χ0v) is 17.3. The van der Waals surface area contributed by atoms with E-state index in [1.165, 1.54) is 6.07 Å². The van der Waals surface area contributed by atoms with Crippen molar-refractivity contribution in [1.82, 2.24) is 8.75 Å². The third-order valence-corrected chi connectivity index (χ3v) is 6.53. The normalized spacial score (nSPS) is 11.5. The van der Waals surface area contributed by atoms with E-state index in [1.807, 2.05) is 13.8 Å². The fourth-order valence-corrected chi connectivity index (χ4v) is 4.89. The highest BCUT2D eigenvalue weighted by atomic mass is 32.2. The van der Waals surface area contributed by atoms with Gasteiger partial charge in [0.05, 0.1) is 29.0 Å². The van der Waals surface area contributed by atoms with E-state index in [-0.39, 0.29) is 23.0 Å². The molecule has 0 N–H and O–H groups in total. The fourth-order valence-electron chi connectivity index (χ4n) is 2.89. The zero-order valence-electron chi connectivity index (χ0n) is 15.7. The Labute approximate surface area is 168 Å². The molecule has 0 fully saturated rings. The van der Waals surface area contributed by atoms with Crippen molar-refractivity contribution in [3.05, 3.63) is 42.5 Å². The maximum atomic E-state index is 12.8. The number of hydrogen-bond donors (Lipinski definition) is 0. The molecule has 0 aliphatic carbocycles. The van der Waals surface area contributed by atoms with Crippen molar-refractivity contribution in [3.8, 4) is 5.75 Å². The van der Waals surface area contributed by atoms with E-state index in [4.69, 9.17) is 4.74 Å². The smallest absolute Gasteiger partial charge is 0.228 e. The molecule has 0 bridgehead atoms. The van der Waals surface area contributed by atoms with Crippen LogP contribution in [-0.4, -0.2) is 42.0 Å². The zero-order chi connectivity index (χ0) is 20.1. The number of ether oxygens (including phenoxy) is 1. The lowest BCUT2D eigenvalue weighted by Gasteiger charge is -2.21. The second kappa shape index (κ2) is 8.66. The standard InChI is InChI=1S/C19H21N3O4S2/c1-3-22(14-8-10-15(11-9-14)26-4-2)18(23)12-13-28(24,25)17-7-5-6-16-19(17)21-27-20-16/h5-11H,3-4,12-13H2,1-2H3. The summed E-state index contributed by atoms with van der Waals surface area (Å²) in [6.07, 6.45) is -0.114. The van der Waals surface area contributed by atoms with E-state index >= 15 is 0 Å². The predicted octanol–water partition coefficient (Wildman–Crippen LogP) is 3.31. The van der Waals surface area contributed by atoms with Gasteiger partial charge in [0.15, 0.2) is 9.84 Å². The van der Waals surface area contributed by atoms with Crippen LogP contribution in [0, 0.1) is 0 Å². The molecule has 0 saturated heterocycles. The molecule has 0 aliphatic rings. The molecule has 0 spiro atoms. The van der Waals surface area contributed by atoms with Crippen molar-refractivity contribution >= 4 is 44.2 Å². The maximum Gasteiger partial charge on any atom is 0.228 e. The molecule has 9 heteroatoms. The minimum Gasteiger partial charge on any atom is -0.494 e. The van der Waals surface area contributed by atoms with Gasteiger partial charge in [0, 0.05) is 18.7 Å². The van der Waals surface area contributed by atoms with Crippen molar-refractivity contribution in [3.63, 3.8) is 0 Å². The van der Waals surface area contributed by atoms with Gasteiger partial charge in [-0.2, -0.15) is 8.75 Å². The number of hydrogen-bond acceptors (Lipinski definition) is 7. The number of nitrogens with zero attached hydrogens (tertiary/aromatic N) is 3. The molecule has 3 rings (SSSR count). The van der Waals surface area contributed by atoms with Gasteiger partial charge >= 0.3 is 0 Å². The van der Waals surface area contributed by atoms with Crippen molar-refractivity contribution in [2.24, 2.45) is 0 Å². The Morgan fingerprint density at radius 3 is 2.54 bits per heavy atom. The topological polar surface area (TPSA) is 89.5 Å². The van der Waals surface area contributed by atoms with Crippen LogP contribution in [0.15, 0.2) is 47.4 Å². The molecule has 3 aromatic rings. The first-order valence-electron chi connectivity index (χ1n) is 8.93. The first kappa shape index (κ1) is 20.2. The molecule has 0 atom stereocenters. The van der Waals surface area contributed by atoms with E-state index in [0.717, 1.165) is 17.5 Å². The summed E-state index contributed by atoms with van der Waals surface area (Å²) >= 11 is 0.968. The highest BCUT2D eigenvalue weighted by molar-refractivity contribution is 7.91. The molecule has 28 heavy (non-hydrogen) atoms. The molecule has 1 amide bonds. The predicted molar refractivity (Wildman–Crippen MR) is 110 cm³/mol. The molecule has 1 aromatic heterocycles. The number of rotatable bonds is 8. The Kier molecular flexibility index (Phi) is 6.25. The summed E-state index contributed by atoms with van der Waals surface area (Å²) in [4.78, 5) is 14.4. The average Bonchev–Trinajstić information content (AvgIpc) is 3.17. The van der Waals surface area contributed by atoms with Gasteiger partial charge in [0.1, 0.15) is 16.8 Å². The van der Waals surface area contributed by atoms with Gasteiger partial charge in [-0.05, 0) is 50.2 Å². The van der Waals surface area contributed by atoms with Crippen LogP contribution in [-0.2, 0) is 14.6 Å². The summed E-state index contributed by atoms with van der Waals surface area (Å²) in [7, 11) is -3.65. The van der Waals surface area contributed by atoms with Gasteiger partial charge in [-0.3, -0.25) is 4.79 Å². The summed E-state index contributed by atoms with van der Waals surface area (Å²) in [5, 5.41) is 0. The van der Waals surface area contributed by atoms with Crippen LogP contribution in [0.4, 0.5) is 5.69 Å². The Hall–Kier alpha value is -2.52. The minimum absolute atomic E-state index is 0.114. The number of fused-ring (bicyclic) bond motifs is 1. The van der Waals surface area contributed by atoms with Crippen molar-refractivity contribution in [2.45, 2.75) is 25.2 Å². The SMILES string of the molecule is CCOc1ccc(N(CC)C(=O)CCS(=O)(=O)c2cccc3nsnc23)cc1. The Morgan fingerprint density at radius 1 is 1.11 bits per heavy atom. The van der Waals surface area contributed by atoms with E-state index in [9.17, 15) is 13.2 Å². The van der Waals surface area contributed by atoms with Gasteiger partial charge in [-0.1, -0.05) is 6.07 Å². The summed E-state index contributed by atoms with van der Waals surface area (Å²) in [5.41, 5.74) is 1.61. The lowest BCUT2D eigenvalue weighted by atomic mass is 10.2.